The Balaban J connectivity index is 2.56. The van der Waals surface area contributed by atoms with Crippen LogP contribution in [0.2, 0.25) is 0 Å². The standard InChI is InChI=1S/C11H22O2/c1-4-9(2)11(12)7-5-6-10(8-11)13-3/h9-10,12H,4-8H2,1-3H3. The van der Waals surface area contributed by atoms with Gasteiger partial charge in [-0.3, -0.25) is 0 Å². The summed E-state index contributed by atoms with van der Waals surface area (Å²) in [5.41, 5.74) is -0.465. The number of rotatable bonds is 3. The van der Waals surface area contributed by atoms with Crippen molar-refractivity contribution in [2.45, 2.75) is 57.7 Å². The normalized spacial score (nSPS) is 37.4. The van der Waals surface area contributed by atoms with E-state index in [0.717, 1.165) is 32.1 Å². The topological polar surface area (TPSA) is 29.5 Å². The fourth-order valence-electron chi connectivity index (χ4n) is 2.26. The zero-order chi connectivity index (χ0) is 9.90. The first kappa shape index (κ1) is 11.0. The molecule has 13 heavy (non-hydrogen) atoms. The molecular formula is C11H22O2. The smallest absolute Gasteiger partial charge is 0.0697 e. The highest BCUT2D eigenvalue weighted by atomic mass is 16.5. The molecule has 0 saturated heterocycles. The second-order valence-corrected chi connectivity index (χ2v) is 4.37. The predicted octanol–water partition coefficient (Wildman–Crippen LogP) is 2.35. The molecule has 0 amide bonds. The first-order valence-electron chi connectivity index (χ1n) is 5.37. The van der Waals surface area contributed by atoms with Crippen LogP contribution in [-0.4, -0.2) is 23.9 Å². The SMILES string of the molecule is CCC(C)C1(O)CCCC(OC)C1. The Morgan fingerprint density at radius 1 is 1.62 bits per heavy atom. The molecule has 2 nitrogen and oxygen atoms in total. The maximum atomic E-state index is 10.4. The molecule has 1 N–H and O–H groups in total. The van der Waals surface area contributed by atoms with Crippen molar-refractivity contribution in [3.63, 3.8) is 0 Å². The van der Waals surface area contributed by atoms with Crippen LogP contribution in [0.15, 0.2) is 0 Å². The Hall–Kier alpha value is -0.0800. The predicted molar refractivity (Wildman–Crippen MR) is 53.7 cm³/mol. The van der Waals surface area contributed by atoms with Gasteiger partial charge in [0, 0.05) is 13.5 Å². The molecule has 0 aromatic carbocycles. The average Bonchev–Trinajstić information content (AvgIpc) is 2.16. The molecule has 1 aliphatic carbocycles. The fraction of sp³-hybridized carbons (Fsp3) is 1.00. The highest BCUT2D eigenvalue weighted by Crippen LogP contribution is 2.36. The minimum atomic E-state index is -0.465. The van der Waals surface area contributed by atoms with E-state index < -0.39 is 5.60 Å². The average molecular weight is 186 g/mol. The van der Waals surface area contributed by atoms with Gasteiger partial charge in [-0.15, -0.1) is 0 Å². The Morgan fingerprint density at radius 3 is 2.85 bits per heavy atom. The highest BCUT2D eigenvalue weighted by molar-refractivity contribution is 4.90. The van der Waals surface area contributed by atoms with Crippen molar-refractivity contribution in [2.75, 3.05) is 7.11 Å². The van der Waals surface area contributed by atoms with E-state index >= 15 is 0 Å². The minimum Gasteiger partial charge on any atom is -0.390 e. The molecule has 3 atom stereocenters. The van der Waals surface area contributed by atoms with Crippen LogP contribution in [0.5, 0.6) is 0 Å². The third-order valence-corrected chi connectivity index (χ3v) is 3.58. The molecule has 0 radical (unpaired) electrons. The molecule has 0 aromatic heterocycles. The number of hydrogen-bond acceptors (Lipinski definition) is 2. The van der Waals surface area contributed by atoms with Crippen LogP contribution < -0.4 is 0 Å². The maximum absolute atomic E-state index is 10.4. The van der Waals surface area contributed by atoms with Gasteiger partial charge in [-0.05, 0) is 25.2 Å². The Bertz CT molecular complexity index is 158. The van der Waals surface area contributed by atoms with E-state index in [1.54, 1.807) is 7.11 Å². The summed E-state index contributed by atoms with van der Waals surface area (Å²) in [7, 11) is 1.74. The monoisotopic (exact) mass is 186 g/mol. The molecule has 0 bridgehead atoms. The molecule has 0 aliphatic heterocycles. The van der Waals surface area contributed by atoms with Gasteiger partial charge in [0.1, 0.15) is 0 Å². The lowest BCUT2D eigenvalue weighted by Crippen LogP contribution is -2.43. The molecule has 0 spiro atoms. The first-order chi connectivity index (χ1) is 6.12. The van der Waals surface area contributed by atoms with Gasteiger partial charge in [0.15, 0.2) is 0 Å². The van der Waals surface area contributed by atoms with E-state index in [4.69, 9.17) is 4.74 Å². The zero-order valence-electron chi connectivity index (χ0n) is 9.05. The number of methoxy groups -OCH3 is 1. The van der Waals surface area contributed by atoms with Gasteiger partial charge in [0.2, 0.25) is 0 Å². The van der Waals surface area contributed by atoms with Crippen molar-refractivity contribution in [2.24, 2.45) is 5.92 Å². The van der Waals surface area contributed by atoms with Crippen molar-refractivity contribution in [3.05, 3.63) is 0 Å². The lowest BCUT2D eigenvalue weighted by molar-refractivity contribution is -0.0907. The van der Waals surface area contributed by atoms with Crippen LogP contribution >= 0.6 is 0 Å². The fourth-order valence-corrected chi connectivity index (χ4v) is 2.26. The highest BCUT2D eigenvalue weighted by Gasteiger charge is 2.38. The summed E-state index contributed by atoms with van der Waals surface area (Å²) in [4.78, 5) is 0. The molecule has 78 valence electrons. The molecular weight excluding hydrogens is 164 g/mol. The van der Waals surface area contributed by atoms with E-state index in [2.05, 4.69) is 13.8 Å². The third kappa shape index (κ3) is 2.44. The lowest BCUT2D eigenvalue weighted by Gasteiger charge is -2.40. The van der Waals surface area contributed by atoms with E-state index in [-0.39, 0.29) is 6.10 Å². The van der Waals surface area contributed by atoms with E-state index in [1.807, 2.05) is 0 Å². The van der Waals surface area contributed by atoms with Gasteiger partial charge in [-0.1, -0.05) is 20.3 Å². The van der Waals surface area contributed by atoms with Gasteiger partial charge in [0.25, 0.3) is 0 Å². The maximum Gasteiger partial charge on any atom is 0.0697 e. The van der Waals surface area contributed by atoms with Gasteiger partial charge < -0.3 is 9.84 Å². The molecule has 1 fully saturated rings. The van der Waals surface area contributed by atoms with Crippen molar-refractivity contribution in [1.29, 1.82) is 0 Å². The quantitative estimate of drug-likeness (QED) is 0.733. The zero-order valence-corrected chi connectivity index (χ0v) is 9.05. The van der Waals surface area contributed by atoms with Gasteiger partial charge in [0.05, 0.1) is 11.7 Å². The lowest BCUT2D eigenvalue weighted by atomic mass is 9.74. The van der Waals surface area contributed by atoms with Gasteiger partial charge in [-0.2, -0.15) is 0 Å². The third-order valence-electron chi connectivity index (χ3n) is 3.58. The second-order valence-electron chi connectivity index (χ2n) is 4.37. The molecule has 0 heterocycles. The van der Waals surface area contributed by atoms with Crippen LogP contribution in [0.4, 0.5) is 0 Å². The molecule has 1 rings (SSSR count). The molecule has 3 unspecified atom stereocenters. The number of hydrogen-bond donors (Lipinski definition) is 1. The minimum absolute atomic E-state index is 0.271. The summed E-state index contributed by atoms with van der Waals surface area (Å²) in [6.45, 7) is 4.27. The van der Waals surface area contributed by atoms with Crippen LogP contribution in [0.3, 0.4) is 0 Å². The summed E-state index contributed by atoms with van der Waals surface area (Å²) in [6, 6.07) is 0. The summed E-state index contributed by atoms with van der Waals surface area (Å²) < 4.78 is 5.32. The molecule has 2 heteroatoms. The summed E-state index contributed by atoms with van der Waals surface area (Å²) in [5, 5.41) is 10.4. The van der Waals surface area contributed by atoms with Crippen molar-refractivity contribution < 1.29 is 9.84 Å². The van der Waals surface area contributed by atoms with E-state index in [9.17, 15) is 5.11 Å². The molecule has 1 saturated carbocycles. The van der Waals surface area contributed by atoms with Crippen LogP contribution in [0.1, 0.15) is 46.0 Å². The van der Waals surface area contributed by atoms with E-state index in [0.29, 0.717) is 5.92 Å². The number of aliphatic hydroxyl groups is 1. The second kappa shape index (κ2) is 4.43. The Morgan fingerprint density at radius 2 is 2.31 bits per heavy atom. The van der Waals surface area contributed by atoms with E-state index in [1.165, 1.54) is 0 Å². The van der Waals surface area contributed by atoms with Crippen LogP contribution in [0.25, 0.3) is 0 Å². The largest absolute Gasteiger partial charge is 0.390 e. The molecule has 0 aromatic rings. The van der Waals surface area contributed by atoms with Crippen molar-refractivity contribution in [3.8, 4) is 0 Å². The number of ether oxygens (including phenoxy) is 1. The summed E-state index contributed by atoms with van der Waals surface area (Å²) in [5.74, 6) is 0.394. The first-order valence-corrected chi connectivity index (χ1v) is 5.37. The Labute approximate surface area is 81.3 Å². The van der Waals surface area contributed by atoms with Gasteiger partial charge >= 0.3 is 0 Å². The molecule has 1 aliphatic rings. The Kier molecular flexibility index (Phi) is 3.74. The van der Waals surface area contributed by atoms with Crippen LogP contribution in [-0.2, 0) is 4.74 Å². The summed E-state index contributed by atoms with van der Waals surface area (Å²) in [6.07, 6.45) is 5.29. The van der Waals surface area contributed by atoms with Crippen molar-refractivity contribution >= 4 is 0 Å². The summed E-state index contributed by atoms with van der Waals surface area (Å²) >= 11 is 0. The van der Waals surface area contributed by atoms with Crippen LogP contribution in [0, 0.1) is 5.92 Å². The van der Waals surface area contributed by atoms with Crippen molar-refractivity contribution in [1.82, 2.24) is 0 Å². The van der Waals surface area contributed by atoms with Gasteiger partial charge in [-0.25, -0.2) is 0 Å².